The number of aliphatic hydroxyl groups is 1. The van der Waals surface area contributed by atoms with E-state index in [2.05, 4.69) is 29.1 Å². The summed E-state index contributed by atoms with van der Waals surface area (Å²) in [5.41, 5.74) is 1.46. The first-order valence-corrected chi connectivity index (χ1v) is 14.7. The lowest BCUT2D eigenvalue weighted by Crippen LogP contribution is -2.50. The van der Waals surface area contributed by atoms with Gasteiger partial charge in [0.15, 0.2) is 0 Å². The zero-order valence-electron chi connectivity index (χ0n) is 25.0. The highest BCUT2D eigenvalue weighted by atomic mass is 16.5. The molecule has 0 heterocycles. The Balaban J connectivity index is 1.78. The average Bonchev–Trinajstić information content (AvgIpc) is 3.02. The third-order valence-corrected chi connectivity index (χ3v) is 7.09. The van der Waals surface area contributed by atoms with Crippen LogP contribution < -0.4 is 16.0 Å². The topological polar surface area (TPSA) is 134 Å². The highest BCUT2D eigenvalue weighted by Gasteiger charge is 2.29. The number of hydrogen-bond donors (Lipinski definition) is 4. The maximum Gasteiger partial charge on any atom is 0.309 e. The molecule has 4 atom stereocenters. The van der Waals surface area contributed by atoms with Gasteiger partial charge in [-0.05, 0) is 54.7 Å². The number of nitrogens with one attached hydrogen (secondary N) is 3. The Labute approximate surface area is 258 Å². The summed E-state index contributed by atoms with van der Waals surface area (Å²) in [4.78, 5) is 52.5. The van der Waals surface area contributed by atoms with Gasteiger partial charge in [-0.15, -0.1) is 13.2 Å². The summed E-state index contributed by atoms with van der Waals surface area (Å²) in [7, 11) is 0. The van der Waals surface area contributed by atoms with Crippen molar-refractivity contribution in [2.45, 2.75) is 44.7 Å². The first-order chi connectivity index (χ1) is 21.2. The Morgan fingerprint density at radius 3 is 2.18 bits per heavy atom. The molecule has 3 aromatic carbocycles. The van der Waals surface area contributed by atoms with Gasteiger partial charge in [0.25, 0.3) is 5.91 Å². The fourth-order valence-corrected chi connectivity index (χ4v) is 4.70. The van der Waals surface area contributed by atoms with E-state index >= 15 is 0 Å². The van der Waals surface area contributed by atoms with Crippen molar-refractivity contribution in [2.75, 3.05) is 18.5 Å². The van der Waals surface area contributed by atoms with E-state index in [9.17, 15) is 24.3 Å². The Bertz CT molecular complexity index is 1440. The number of benzene rings is 3. The lowest BCUT2D eigenvalue weighted by atomic mass is 9.96. The number of amides is 3. The van der Waals surface area contributed by atoms with Crippen LogP contribution in [0.15, 0.2) is 98.1 Å². The summed E-state index contributed by atoms with van der Waals surface area (Å²) in [5, 5.41) is 19.3. The lowest BCUT2D eigenvalue weighted by Gasteiger charge is -2.23. The standard InChI is InChI=1S/C35H41N3O6/c1-4-11-28(21-32(40)36-24(3)22-39)33(41)38-31(34(42)37-30-18-17-26-15-9-10-16-27(26)20-30)23-44-35(43)29(12-5-2)19-25-13-7-6-8-14-25/h4-10,13-18,20,24,28-29,31,39H,1-2,11-12,19,21-23H2,3H3,(H,36,40)(H,37,42)(H,38,41). The van der Waals surface area contributed by atoms with Gasteiger partial charge in [-0.2, -0.15) is 0 Å². The fraction of sp³-hybridized carbons (Fsp3) is 0.314. The van der Waals surface area contributed by atoms with Crippen LogP contribution in [0.4, 0.5) is 5.69 Å². The van der Waals surface area contributed by atoms with Crippen LogP contribution in [-0.2, 0) is 30.3 Å². The van der Waals surface area contributed by atoms with Crippen LogP contribution in [0.25, 0.3) is 10.8 Å². The van der Waals surface area contributed by atoms with E-state index in [0.717, 1.165) is 16.3 Å². The number of hydrogen-bond acceptors (Lipinski definition) is 6. The molecule has 3 amide bonds. The van der Waals surface area contributed by atoms with Gasteiger partial charge >= 0.3 is 5.97 Å². The molecule has 9 heteroatoms. The maximum atomic E-state index is 13.5. The van der Waals surface area contributed by atoms with E-state index in [4.69, 9.17) is 4.74 Å². The average molecular weight is 600 g/mol. The minimum atomic E-state index is -1.24. The van der Waals surface area contributed by atoms with Crippen molar-refractivity contribution in [1.29, 1.82) is 0 Å². The SMILES string of the molecule is C=CCC(CC(=O)NC(C)CO)C(=O)NC(COC(=O)C(CC=C)Cc1ccccc1)C(=O)Nc1ccc2ccccc2c1. The predicted octanol–water partition coefficient (Wildman–Crippen LogP) is 4.32. The smallest absolute Gasteiger partial charge is 0.309 e. The Kier molecular flexibility index (Phi) is 13.3. The third kappa shape index (κ3) is 10.5. The molecule has 0 aromatic heterocycles. The van der Waals surface area contributed by atoms with E-state index in [1.807, 2.05) is 66.7 Å². The summed E-state index contributed by atoms with van der Waals surface area (Å²) in [6.45, 7) is 8.42. The molecule has 4 N–H and O–H groups in total. The van der Waals surface area contributed by atoms with Gasteiger partial charge < -0.3 is 25.8 Å². The van der Waals surface area contributed by atoms with Crippen molar-refractivity contribution in [1.82, 2.24) is 10.6 Å². The molecule has 3 aromatic rings. The normalized spacial score (nSPS) is 13.5. The van der Waals surface area contributed by atoms with Crippen LogP contribution >= 0.6 is 0 Å². The van der Waals surface area contributed by atoms with Crippen LogP contribution in [0, 0.1) is 11.8 Å². The van der Waals surface area contributed by atoms with Crippen LogP contribution in [0.1, 0.15) is 31.7 Å². The summed E-state index contributed by atoms with van der Waals surface area (Å²) in [6, 6.07) is 20.9. The van der Waals surface area contributed by atoms with Crippen molar-refractivity contribution in [3.8, 4) is 0 Å². The second-order valence-corrected chi connectivity index (χ2v) is 10.7. The van der Waals surface area contributed by atoms with E-state index < -0.39 is 54.2 Å². The molecule has 0 saturated heterocycles. The minimum absolute atomic E-state index is 0.171. The molecule has 0 aliphatic carbocycles. The van der Waals surface area contributed by atoms with Gasteiger partial charge in [0.2, 0.25) is 11.8 Å². The van der Waals surface area contributed by atoms with Crippen molar-refractivity contribution in [2.24, 2.45) is 11.8 Å². The van der Waals surface area contributed by atoms with Crippen molar-refractivity contribution >= 4 is 40.2 Å². The predicted molar refractivity (Wildman–Crippen MR) is 172 cm³/mol. The first kappa shape index (κ1) is 33.7. The molecular weight excluding hydrogens is 558 g/mol. The summed E-state index contributed by atoms with van der Waals surface area (Å²) < 4.78 is 5.62. The monoisotopic (exact) mass is 599 g/mol. The van der Waals surface area contributed by atoms with E-state index in [0.29, 0.717) is 18.5 Å². The molecule has 0 radical (unpaired) electrons. The number of esters is 1. The van der Waals surface area contributed by atoms with Gasteiger partial charge in [-0.25, -0.2) is 0 Å². The van der Waals surface area contributed by atoms with Crippen molar-refractivity contribution in [3.63, 3.8) is 0 Å². The molecule has 0 bridgehead atoms. The Morgan fingerprint density at radius 2 is 1.50 bits per heavy atom. The summed E-state index contributed by atoms with van der Waals surface area (Å²) in [5.74, 6) is -3.46. The van der Waals surface area contributed by atoms with Gasteiger partial charge in [0.05, 0.1) is 18.4 Å². The molecule has 0 fully saturated rings. The van der Waals surface area contributed by atoms with E-state index in [1.165, 1.54) is 6.08 Å². The number of carbonyl (C=O) groups excluding carboxylic acids is 4. The molecule has 0 spiro atoms. The summed E-state index contributed by atoms with van der Waals surface area (Å²) >= 11 is 0. The molecule has 9 nitrogen and oxygen atoms in total. The highest BCUT2D eigenvalue weighted by Crippen LogP contribution is 2.20. The van der Waals surface area contributed by atoms with Gasteiger partial charge in [0.1, 0.15) is 12.6 Å². The molecule has 0 saturated carbocycles. The molecule has 0 aliphatic heterocycles. The molecule has 4 unspecified atom stereocenters. The van der Waals surface area contributed by atoms with Crippen LogP contribution in [0.2, 0.25) is 0 Å². The van der Waals surface area contributed by atoms with E-state index in [1.54, 1.807) is 19.1 Å². The maximum absolute atomic E-state index is 13.5. The third-order valence-electron chi connectivity index (χ3n) is 7.09. The zero-order valence-corrected chi connectivity index (χ0v) is 25.0. The Morgan fingerprint density at radius 1 is 0.841 bits per heavy atom. The van der Waals surface area contributed by atoms with Gasteiger partial charge in [-0.3, -0.25) is 19.2 Å². The number of carbonyl (C=O) groups is 4. The number of anilines is 1. The number of ether oxygens (including phenoxy) is 1. The molecule has 44 heavy (non-hydrogen) atoms. The summed E-state index contributed by atoms with van der Waals surface area (Å²) in [6.07, 6.45) is 3.94. The number of fused-ring (bicyclic) bond motifs is 1. The van der Waals surface area contributed by atoms with Gasteiger partial charge in [0, 0.05) is 18.2 Å². The molecule has 232 valence electrons. The fourth-order valence-electron chi connectivity index (χ4n) is 4.70. The highest BCUT2D eigenvalue weighted by molar-refractivity contribution is 5.99. The second kappa shape index (κ2) is 17.4. The van der Waals surface area contributed by atoms with Crippen LogP contribution in [0.3, 0.4) is 0 Å². The lowest BCUT2D eigenvalue weighted by molar-refractivity contribution is -0.150. The minimum Gasteiger partial charge on any atom is -0.463 e. The van der Waals surface area contributed by atoms with E-state index in [-0.39, 0.29) is 19.4 Å². The quantitative estimate of drug-likeness (QED) is 0.135. The second-order valence-electron chi connectivity index (χ2n) is 10.7. The number of rotatable bonds is 17. The number of aliphatic hydroxyl groups excluding tert-OH is 1. The molecule has 3 rings (SSSR count). The zero-order chi connectivity index (χ0) is 31.9. The van der Waals surface area contributed by atoms with Gasteiger partial charge in [-0.1, -0.05) is 72.8 Å². The van der Waals surface area contributed by atoms with Crippen molar-refractivity contribution in [3.05, 3.63) is 104 Å². The largest absolute Gasteiger partial charge is 0.463 e. The molecular formula is C35H41N3O6. The van der Waals surface area contributed by atoms with Crippen molar-refractivity contribution < 1.29 is 29.0 Å². The first-order valence-electron chi connectivity index (χ1n) is 14.7. The van der Waals surface area contributed by atoms with Crippen LogP contribution in [0.5, 0.6) is 0 Å². The molecule has 0 aliphatic rings. The number of allylic oxidation sites excluding steroid dienone is 2. The van der Waals surface area contributed by atoms with Crippen LogP contribution in [-0.4, -0.2) is 54.1 Å². The Hall–Kier alpha value is -4.76.